The van der Waals surface area contributed by atoms with Crippen molar-refractivity contribution in [1.82, 2.24) is 19.4 Å². The highest BCUT2D eigenvalue weighted by Crippen LogP contribution is 2.10. The molecule has 6 heteroatoms. The number of aliphatic hydroxyl groups excluding tert-OH is 1. The van der Waals surface area contributed by atoms with Crippen molar-refractivity contribution in [2.24, 2.45) is 7.05 Å². The lowest BCUT2D eigenvalue weighted by atomic mass is 10.3. The van der Waals surface area contributed by atoms with Gasteiger partial charge >= 0.3 is 0 Å². The third kappa shape index (κ3) is 3.78. The molecule has 1 aliphatic rings. The molecular weight excluding hydrogens is 244 g/mol. The van der Waals surface area contributed by atoms with Gasteiger partial charge in [-0.05, 0) is 13.5 Å². The van der Waals surface area contributed by atoms with Crippen LogP contribution in [0.1, 0.15) is 18.7 Å². The van der Waals surface area contributed by atoms with E-state index in [1.54, 1.807) is 11.1 Å². The van der Waals surface area contributed by atoms with Crippen LogP contribution in [0.5, 0.6) is 0 Å². The molecule has 1 saturated heterocycles. The summed E-state index contributed by atoms with van der Waals surface area (Å²) in [7, 11) is 3.90. The molecule has 1 aromatic heterocycles. The van der Waals surface area contributed by atoms with Gasteiger partial charge in [0.1, 0.15) is 5.82 Å². The smallest absolute Gasteiger partial charge is 0.222 e. The molecule has 19 heavy (non-hydrogen) atoms. The fourth-order valence-electron chi connectivity index (χ4n) is 2.42. The fourth-order valence-corrected chi connectivity index (χ4v) is 2.42. The standard InChI is InChI=1S/C13H22N4O2/c1-15(10-12-14-5-7-16(12)2)8-11(18)9-17-6-3-4-13(17)19/h5,7,11,18H,3-4,6,8-10H2,1-2H3. The highest BCUT2D eigenvalue weighted by Gasteiger charge is 2.23. The summed E-state index contributed by atoms with van der Waals surface area (Å²) in [5, 5.41) is 10.0. The summed E-state index contributed by atoms with van der Waals surface area (Å²) in [6.45, 7) is 2.44. The Morgan fingerprint density at radius 3 is 2.95 bits per heavy atom. The van der Waals surface area contributed by atoms with Crippen LogP contribution in [0.3, 0.4) is 0 Å². The molecule has 0 radical (unpaired) electrons. The Kier molecular flexibility index (Phi) is 4.55. The van der Waals surface area contributed by atoms with E-state index < -0.39 is 6.10 Å². The first-order valence-corrected chi connectivity index (χ1v) is 6.67. The average molecular weight is 266 g/mol. The Morgan fingerprint density at radius 1 is 1.58 bits per heavy atom. The number of carbonyl (C=O) groups is 1. The highest BCUT2D eigenvalue weighted by molar-refractivity contribution is 5.78. The number of rotatable bonds is 6. The quantitative estimate of drug-likeness (QED) is 0.777. The van der Waals surface area contributed by atoms with Crippen molar-refractivity contribution in [3.05, 3.63) is 18.2 Å². The van der Waals surface area contributed by atoms with Crippen LogP contribution in [-0.2, 0) is 18.4 Å². The second kappa shape index (κ2) is 6.16. The summed E-state index contributed by atoms with van der Waals surface area (Å²) < 4.78 is 1.97. The topological polar surface area (TPSA) is 61.6 Å². The normalized spacial score (nSPS) is 17.5. The van der Waals surface area contributed by atoms with Crippen molar-refractivity contribution in [1.29, 1.82) is 0 Å². The number of likely N-dealkylation sites (N-methyl/N-ethyl adjacent to an activating group) is 1. The Balaban J connectivity index is 1.77. The van der Waals surface area contributed by atoms with Crippen LogP contribution < -0.4 is 0 Å². The molecule has 1 aromatic rings. The fraction of sp³-hybridized carbons (Fsp3) is 0.692. The maximum absolute atomic E-state index is 11.5. The van der Waals surface area contributed by atoms with Crippen LogP contribution in [-0.4, -0.2) is 63.2 Å². The number of carbonyl (C=O) groups excluding carboxylic acids is 1. The van der Waals surface area contributed by atoms with Gasteiger partial charge in [0, 0.05) is 45.5 Å². The minimum absolute atomic E-state index is 0.158. The van der Waals surface area contributed by atoms with Crippen LogP contribution in [0.4, 0.5) is 0 Å². The molecule has 2 heterocycles. The van der Waals surface area contributed by atoms with E-state index in [0.29, 0.717) is 26.1 Å². The number of likely N-dealkylation sites (tertiary alicyclic amines) is 1. The van der Waals surface area contributed by atoms with E-state index in [1.807, 2.05) is 29.8 Å². The van der Waals surface area contributed by atoms with E-state index in [4.69, 9.17) is 0 Å². The molecule has 1 fully saturated rings. The number of nitrogens with zero attached hydrogens (tertiary/aromatic N) is 4. The molecule has 0 aromatic carbocycles. The molecule has 1 amide bonds. The minimum Gasteiger partial charge on any atom is -0.390 e. The SMILES string of the molecule is CN(Cc1nccn1C)CC(O)CN1CCCC1=O. The molecule has 0 aliphatic carbocycles. The zero-order valence-electron chi connectivity index (χ0n) is 11.6. The van der Waals surface area contributed by atoms with Gasteiger partial charge in [0.05, 0.1) is 12.6 Å². The largest absolute Gasteiger partial charge is 0.390 e. The van der Waals surface area contributed by atoms with E-state index in [-0.39, 0.29) is 5.91 Å². The maximum atomic E-state index is 11.5. The van der Waals surface area contributed by atoms with E-state index in [9.17, 15) is 9.90 Å². The molecule has 106 valence electrons. The van der Waals surface area contributed by atoms with E-state index in [2.05, 4.69) is 4.98 Å². The number of aromatic nitrogens is 2. The molecule has 1 N–H and O–H groups in total. The summed E-state index contributed by atoms with van der Waals surface area (Å²) in [5.41, 5.74) is 0. The van der Waals surface area contributed by atoms with Crippen molar-refractivity contribution in [2.75, 3.05) is 26.7 Å². The number of hydrogen-bond donors (Lipinski definition) is 1. The van der Waals surface area contributed by atoms with Gasteiger partial charge in [-0.2, -0.15) is 0 Å². The van der Waals surface area contributed by atoms with Gasteiger partial charge in [0.15, 0.2) is 0 Å². The lowest BCUT2D eigenvalue weighted by Gasteiger charge is -2.24. The summed E-state index contributed by atoms with van der Waals surface area (Å²) in [4.78, 5) is 19.5. The van der Waals surface area contributed by atoms with E-state index in [1.165, 1.54) is 0 Å². The summed E-state index contributed by atoms with van der Waals surface area (Å²) in [6.07, 6.45) is 4.70. The molecule has 0 spiro atoms. The second-order valence-electron chi connectivity index (χ2n) is 5.25. The first-order valence-electron chi connectivity index (χ1n) is 6.67. The van der Waals surface area contributed by atoms with Gasteiger partial charge in [-0.3, -0.25) is 9.69 Å². The Labute approximate surface area is 113 Å². The van der Waals surface area contributed by atoms with Gasteiger partial charge in [-0.1, -0.05) is 0 Å². The zero-order chi connectivity index (χ0) is 13.8. The molecule has 6 nitrogen and oxygen atoms in total. The van der Waals surface area contributed by atoms with Gasteiger partial charge in [-0.15, -0.1) is 0 Å². The lowest BCUT2D eigenvalue weighted by Crippen LogP contribution is -2.39. The summed E-state index contributed by atoms with van der Waals surface area (Å²) in [6, 6.07) is 0. The number of imidazole rings is 1. The van der Waals surface area contributed by atoms with Gasteiger partial charge < -0.3 is 14.6 Å². The second-order valence-corrected chi connectivity index (χ2v) is 5.25. The van der Waals surface area contributed by atoms with Crippen molar-refractivity contribution >= 4 is 5.91 Å². The lowest BCUT2D eigenvalue weighted by molar-refractivity contribution is -0.129. The third-order valence-electron chi connectivity index (χ3n) is 3.46. The Bertz CT molecular complexity index is 432. The van der Waals surface area contributed by atoms with Crippen LogP contribution in [0.2, 0.25) is 0 Å². The number of β-amino-alcohol motifs (C(OH)–C–C–N with tert-alkyl or cyclic N) is 1. The first-order chi connectivity index (χ1) is 9.06. The number of hydrogen-bond acceptors (Lipinski definition) is 4. The maximum Gasteiger partial charge on any atom is 0.222 e. The van der Waals surface area contributed by atoms with Gasteiger partial charge in [0.2, 0.25) is 5.91 Å². The van der Waals surface area contributed by atoms with Crippen molar-refractivity contribution in [3.8, 4) is 0 Å². The summed E-state index contributed by atoms with van der Waals surface area (Å²) >= 11 is 0. The molecule has 0 saturated carbocycles. The number of aliphatic hydroxyl groups is 1. The van der Waals surface area contributed by atoms with Crippen molar-refractivity contribution in [2.45, 2.75) is 25.5 Å². The molecular formula is C13H22N4O2. The number of amides is 1. The predicted octanol–water partition coefficient (Wildman–Crippen LogP) is -0.165. The predicted molar refractivity (Wildman–Crippen MR) is 71.4 cm³/mol. The van der Waals surface area contributed by atoms with E-state index in [0.717, 1.165) is 18.8 Å². The molecule has 0 bridgehead atoms. The minimum atomic E-state index is -0.507. The van der Waals surface area contributed by atoms with Gasteiger partial charge in [0.25, 0.3) is 0 Å². The van der Waals surface area contributed by atoms with Gasteiger partial charge in [-0.25, -0.2) is 4.98 Å². The Morgan fingerprint density at radius 2 is 2.37 bits per heavy atom. The first kappa shape index (κ1) is 14.0. The molecule has 1 unspecified atom stereocenters. The zero-order valence-corrected chi connectivity index (χ0v) is 11.6. The monoisotopic (exact) mass is 266 g/mol. The van der Waals surface area contributed by atoms with Crippen molar-refractivity contribution < 1.29 is 9.90 Å². The molecule has 2 rings (SSSR count). The van der Waals surface area contributed by atoms with Crippen molar-refractivity contribution in [3.63, 3.8) is 0 Å². The third-order valence-corrected chi connectivity index (χ3v) is 3.46. The van der Waals surface area contributed by atoms with Crippen LogP contribution in [0.15, 0.2) is 12.4 Å². The number of aryl methyl sites for hydroxylation is 1. The Hall–Kier alpha value is -1.40. The van der Waals surface area contributed by atoms with Crippen LogP contribution in [0, 0.1) is 0 Å². The highest BCUT2D eigenvalue weighted by atomic mass is 16.3. The average Bonchev–Trinajstić information content (AvgIpc) is 2.90. The molecule has 1 atom stereocenters. The van der Waals surface area contributed by atoms with Crippen LogP contribution >= 0.6 is 0 Å². The molecule has 1 aliphatic heterocycles. The van der Waals surface area contributed by atoms with E-state index >= 15 is 0 Å². The van der Waals surface area contributed by atoms with Crippen LogP contribution in [0.25, 0.3) is 0 Å². The summed E-state index contributed by atoms with van der Waals surface area (Å²) in [5.74, 6) is 1.12.